The molecule has 34 heavy (non-hydrogen) atoms. The normalized spacial score (nSPS) is 16.6. The summed E-state index contributed by atoms with van der Waals surface area (Å²) >= 11 is 0. The number of ether oxygens (including phenoxy) is 1. The Kier molecular flexibility index (Phi) is 9.38. The first kappa shape index (κ1) is 27.5. The minimum atomic E-state index is -4.39. The molecule has 1 amide bonds. The lowest BCUT2D eigenvalue weighted by Crippen LogP contribution is -2.51. The number of nitrogens with two attached hydrogens (primary N) is 1. The Bertz CT molecular complexity index is 1020. The Morgan fingerprint density at radius 1 is 1.09 bits per heavy atom. The van der Waals surface area contributed by atoms with Gasteiger partial charge in [-0.05, 0) is 58.9 Å². The summed E-state index contributed by atoms with van der Waals surface area (Å²) in [5, 5.41) is 5.10. The van der Waals surface area contributed by atoms with Crippen LogP contribution in [-0.2, 0) is 18.9 Å². The van der Waals surface area contributed by atoms with E-state index in [-0.39, 0.29) is 5.75 Å². The average molecular weight is 494 g/mol. The molecule has 4 atom stereocenters. The topological polar surface area (TPSA) is 120 Å². The van der Waals surface area contributed by atoms with Crippen molar-refractivity contribution in [2.75, 3.05) is 5.32 Å². The molecule has 4 unspecified atom stereocenters. The Balaban J connectivity index is 2.22. The molecule has 2 aromatic rings. The van der Waals surface area contributed by atoms with Gasteiger partial charge in [0, 0.05) is 12.1 Å². The van der Waals surface area contributed by atoms with Crippen LogP contribution in [0.5, 0.6) is 5.75 Å². The van der Waals surface area contributed by atoms with Crippen molar-refractivity contribution in [3.05, 3.63) is 60.2 Å². The maximum absolute atomic E-state index is 15.6. The van der Waals surface area contributed by atoms with Gasteiger partial charge in [-0.25, -0.2) is 9.48 Å². The van der Waals surface area contributed by atoms with Gasteiger partial charge in [0.15, 0.2) is 0 Å². The van der Waals surface area contributed by atoms with Crippen LogP contribution >= 0.6 is 7.52 Å². The molecule has 0 heterocycles. The number of nitrogens with one attached hydrogen (secondary N) is 2. The van der Waals surface area contributed by atoms with Crippen LogP contribution in [0.3, 0.4) is 0 Å². The number of hydrogen-bond donors (Lipinski definition) is 3. The van der Waals surface area contributed by atoms with Gasteiger partial charge in [0.1, 0.15) is 11.8 Å². The number of anilines is 1. The molecule has 8 nitrogen and oxygen atoms in total. The maximum atomic E-state index is 15.6. The number of aryl methyl sites for hydroxylation is 1. The molecule has 0 aromatic heterocycles. The molecule has 186 valence electrons. The van der Waals surface area contributed by atoms with Gasteiger partial charge in [0.05, 0.1) is 11.6 Å². The third-order valence-electron chi connectivity index (χ3n) is 4.85. The van der Waals surface area contributed by atoms with Crippen molar-refractivity contribution in [3.8, 4) is 5.75 Å². The third kappa shape index (κ3) is 7.94. The van der Waals surface area contributed by atoms with Crippen molar-refractivity contribution in [1.29, 1.82) is 0 Å². The number of rotatable bonds is 11. The van der Waals surface area contributed by atoms with Crippen LogP contribution in [0.15, 0.2) is 54.6 Å². The Hall–Kier alpha value is -2.74. The second-order valence-corrected chi connectivity index (χ2v) is 10.9. The predicted octanol–water partition coefficient (Wildman–Crippen LogP) is 4.54. The Labute approximate surface area is 199 Å². The summed E-state index contributed by atoms with van der Waals surface area (Å²) in [6.07, 6.45) is -1.04. The van der Waals surface area contributed by atoms with Crippen molar-refractivity contribution >= 4 is 25.1 Å². The molecule has 0 aliphatic carbocycles. The van der Waals surface area contributed by atoms with Crippen LogP contribution in [-0.4, -0.2) is 35.5 Å². The van der Waals surface area contributed by atoms with E-state index in [1.807, 2.05) is 19.1 Å². The molecule has 0 saturated heterocycles. The standard InChI is InChI=1S/C24H33FN3O5P/c1-16(2)32-22(29)18(4)28-34(31,33-20-9-7-6-8-10-20)21(25)15-24(5,26)23(30)27-19-13-11-17(3)12-14-19/h6-14,16,18,21H,15,26H2,1-5H3,(H,27,30)(H,28,31). The molecular weight excluding hydrogens is 460 g/mol. The zero-order valence-electron chi connectivity index (χ0n) is 20.1. The number of carbonyl (C=O) groups is 2. The van der Waals surface area contributed by atoms with Crippen LogP contribution in [0, 0.1) is 6.92 Å². The zero-order chi connectivity index (χ0) is 25.5. The summed E-state index contributed by atoms with van der Waals surface area (Å²) in [5.41, 5.74) is 5.91. The molecule has 2 rings (SSSR count). The van der Waals surface area contributed by atoms with Gasteiger partial charge in [0.2, 0.25) is 11.8 Å². The number of halogens is 1. The average Bonchev–Trinajstić information content (AvgIpc) is 2.75. The number of alkyl halides is 1. The summed E-state index contributed by atoms with van der Waals surface area (Å²) in [7, 11) is -4.39. The van der Waals surface area contributed by atoms with E-state index < -0.39 is 49.4 Å². The largest absolute Gasteiger partial charge is 0.462 e. The monoisotopic (exact) mass is 493 g/mol. The number of hydrogen-bond acceptors (Lipinski definition) is 6. The van der Waals surface area contributed by atoms with Crippen LogP contribution < -0.4 is 20.7 Å². The molecule has 0 bridgehead atoms. The van der Waals surface area contributed by atoms with Crippen LogP contribution in [0.25, 0.3) is 0 Å². The molecule has 0 aliphatic rings. The van der Waals surface area contributed by atoms with E-state index in [4.69, 9.17) is 15.0 Å². The number of carbonyl (C=O) groups excluding carboxylic acids is 2. The fraction of sp³-hybridized carbons (Fsp3) is 0.417. The van der Waals surface area contributed by atoms with Crippen molar-refractivity contribution in [2.24, 2.45) is 5.73 Å². The van der Waals surface area contributed by atoms with Crippen LogP contribution in [0.2, 0.25) is 0 Å². The highest BCUT2D eigenvalue weighted by Crippen LogP contribution is 2.51. The highest BCUT2D eigenvalue weighted by molar-refractivity contribution is 7.57. The van der Waals surface area contributed by atoms with E-state index in [0.29, 0.717) is 5.69 Å². The lowest BCUT2D eigenvalue weighted by molar-refractivity contribution is -0.149. The van der Waals surface area contributed by atoms with Gasteiger partial charge in [-0.1, -0.05) is 35.9 Å². The fourth-order valence-corrected chi connectivity index (χ4v) is 4.96. The predicted molar refractivity (Wildman–Crippen MR) is 130 cm³/mol. The number of amides is 1. The first-order valence-electron chi connectivity index (χ1n) is 11.0. The van der Waals surface area contributed by atoms with Crippen LogP contribution in [0.4, 0.5) is 10.1 Å². The van der Waals surface area contributed by atoms with Gasteiger partial charge in [-0.2, -0.15) is 0 Å². The maximum Gasteiger partial charge on any atom is 0.351 e. The van der Waals surface area contributed by atoms with Crippen molar-refractivity contribution in [3.63, 3.8) is 0 Å². The van der Waals surface area contributed by atoms with E-state index in [9.17, 15) is 14.2 Å². The number of esters is 1. The third-order valence-corrected chi connectivity index (χ3v) is 7.00. The van der Waals surface area contributed by atoms with Crippen molar-refractivity contribution < 1.29 is 27.8 Å². The minimum Gasteiger partial charge on any atom is -0.462 e. The molecule has 0 aliphatic heterocycles. The van der Waals surface area contributed by atoms with Gasteiger partial charge in [-0.3, -0.25) is 14.2 Å². The summed E-state index contributed by atoms with van der Waals surface area (Å²) in [4.78, 5) is 25.0. The summed E-state index contributed by atoms with van der Waals surface area (Å²) in [5.74, 6) is -3.45. The molecular formula is C24H33FN3O5P. The van der Waals surface area contributed by atoms with Crippen molar-refractivity contribution in [1.82, 2.24) is 5.09 Å². The second-order valence-electron chi connectivity index (χ2n) is 8.71. The summed E-state index contributed by atoms with van der Waals surface area (Å²) in [6, 6.07) is 13.9. The molecule has 0 fully saturated rings. The van der Waals surface area contributed by atoms with Gasteiger partial charge < -0.3 is 20.3 Å². The highest BCUT2D eigenvalue weighted by Gasteiger charge is 2.44. The van der Waals surface area contributed by atoms with E-state index in [0.717, 1.165) is 5.56 Å². The second kappa shape index (κ2) is 11.6. The molecule has 0 spiro atoms. The quantitative estimate of drug-likeness (QED) is 0.311. The van der Waals surface area contributed by atoms with Gasteiger partial charge >= 0.3 is 13.5 Å². The SMILES string of the molecule is Cc1ccc(NC(=O)C(C)(N)CC(F)P(=O)(NC(C)C(=O)OC(C)C)Oc2ccccc2)cc1. The number of para-hydroxylation sites is 1. The zero-order valence-corrected chi connectivity index (χ0v) is 21.0. The summed E-state index contributed by atoms with van der Waals surface area (Å²) < 4.78 is 39.9. The minimum absolute atomic E-state index is 0.133. The highest BCUT2D eigenvalue weighted by atomic mass is 31.2. The summed E-state index contributed by atoms with van der Waals surface area (Å²) in [6.45, 7) is 7.96. The number of benzene rings is 2. The van der Waals surface area contributed by atoms with Gasteiger partial charge in [-0.15, -0.1) is 0 Å². The first-order valence-corrected chi connectivity index (χ1v) is 12.7. The molecule has 10 heteroatoms. The van der Waals surface area contributed by atoms with Crippen molar-refractivity contribution in [2.45, 2.75) is 64.6 Å². The Morgan fingerprint density at radius 3 is 2.24 bits per heavy atom. The lowest BCUT2D eigenvalue weighted by atomic mass is 9.98. The molecule has 0 radical (unpaired) electrons. The van der Waals surface area contributed by atoms with E-state index in [1.54, 1.807) is 44.2 Å². The lowest BCUT2D eigenvalue weighted by Gasteiger charge is -2.30. The van der Waals surface area contributed by atoms with E-state index in [1.165, 1.54) is 26.0 Å². The van der Waals surface area contributed by atoms with E-state index >= 15 is 4.39 Å². The smallest absolute Gasteiger partial charge is 0.351 e. The van der Waals surface area contributed by atoms with Crippen LogP contribution in [0.1, 0.15) is 39.7 Å². The Morgan fingerprint density at radius 2 is 1.68 bits per heavy atom. The molecule has 0 saturated carbocycles. The van der Waals surface area contributed by atoms with E-state index in [2.05, 4.69) is 10.4 Å². The first-order chi connectivity index (χ1) is 15.8. The molecule has 4 N–H and O–H groups in total. The fourth-order valence-electron chi connectivity index (χ4n) is 2.93. The molecule has 2 aromatic carbocycles. The van der Waals surface area contributed by atoms with Gasteiger partial charge in [0.25, 0.3) is 0 Å².